The Kier molecular flexibility index (Phi) is 4.37. The Balaban J connectivity index is 2.03. The number of thioether (sulfide) groups is 1. The monoisotopic (exact) mass is 363 g/mol. The summed E-state index contributed by atoms with van der Waals surface area (Å²) < 4.78 is 30.7. The van der Waals surface area contributed by atoms with Gasteiger partial charge in [-0.1, -0.05) is 0 Å². The fourth-order valence-electron chi connectivity index (χ4n) is 1.87. The van der Waals surface area contributed by atoms with Crippen molar-refractivity contribution in [2.75, 3.05) is 6.26 Å². The summed E-state index contributed by atoms with van der Waals surface area (Å²) in [4.78, 5) is 4.27. The second kappa shape index (κ2) is 6.46. The molecule has 0 amide bonds. The number of phenols is 1. The number of hydrogen-bond donors (Lipinski definition) is 1. The molecule has 0 aliphatic heterocycles. The standard InChI is InChI=1S/C14H7F2N5OS2/c1-23-13-6(5-17)2-8-12(18-13)21-24-14(8)20-19-7-3-9(15)11(22)10(16)4-7/h2-4,22H,1H3/b20-19+. The van der Waals surface area contributed by atoms with E-state index in [0.29, 0.717) is 26.6 Å². The van der Waals surface area contributed by atoms with Crippen molar-refractivity contribution in [2.45, 2.75) is 5.03 Å². The van der Waals surface area contributed by atoms with Gasteiger partial charge in [-0.2, -0.15) is 9.64 Å². The molecule has 0 aliphatic rings. The molecule has 2 heterocycles. The van der Waals surface area contributed by atoms with E-state index in [1.165, 1.54) is 11.8 Å². The minimum atomic E-state index is -1.13. The topological polar surface area (TPSA) is 94.5 Å². The highest BCUT2D eigenvalue weighted by Crippen LogP contribution is 2.34. The van der Waals surface area contributed by atoms with Crippen molar-refractivity contribution in [2.24, 2.45) is 10.2 Å². The first-order valence-electron chi connectivity index (χ1n) is 6.37. The predicted molar refractivity (Wildman–Crippen MR) is 86.1 cm³/mol. The van der Waals surface area contributed by atoms with Gasteiger partial charge in [0, 0.05) is 12.1 Å². The van der Waals surface area contributed by atoms with Gasteiger partial charge in [-0.15, -0.1) is 22.0 Å². The molecule has 10 heteroatoms. The SMILES string of the molecule is CSc1nc2nsc(/N=N/c3cc(F)c(O)c(F)c3)c2cc1C#N. The highest BCUT2D eigenvalue weighted by atomic mass is 32.2. The van der Waals surface area contributed by atoms with Crippen LogP contribution in [-0.4, -0.2) is 20.7 Å². The number of phenolic OH excluding ortho intramolecular Hbond substituents is 1. The summed E-state index contributed by atoms with van der Waals surface area (Å²) >= 11 is 2.33. The maximum absolute atomic E-state index is 13.3. The fourth-order valence-corrected chi connectivity index (χ4v) is 3.01. The molecule has 3 rings (SSSR count). The molecule has 2 aromatic heterocycles. The molecule has 0 spiro atoms. The zero-order valence-corrected chi connectivity index (χ0v) is 13.6. The van der Waals surface area contributed by atoms with Crippen LogP contribution in [0.2, 0.25) is 0 Å². The number of nitrogens with zero attached hydrogens (tertiary/aromatic N) is 5. The van der Waals surface area contributed by atoms with E-state index in [2.05, 4.69) is 19.6 Å². The Hall–Kier alpha value is -2.64. The lowest BCUT2D eigenvalue weighted by Crippen LogP contribution is -1.86. The van der Waals surface area contributed by atoms with Gasteiger partial charge in [0.25, 0.3) is 0 Å². The molecule has 24 heavy (non-hydrogen) atoms. The van der Waals surface area contributed by atoms with Crippen molar-refractivity contribution < 1.29 is 13.9 Å². The summed E-state index contributed by atoms with van der Waals surface area (Å²) in [6.07, 6.45) is 1.80. The lowest BCUT2D eigenvalue weighted by Gasteiger charge is -1.99. The van der Waals surface area contributed by atoms with Crippen LogP contribution in [0.4, 0.5) is 19.5 Å². The first kappa shape index (κ1) is 16.2. The average molecular weight is 363 g/mol. The van der Waals surface area contributed by atoms with Crippen LogP contribution in [0.3, 0.4) is 0 Å². The summed E-state index contributed by atoms with van der Waals surface area (Å²) in [6, 6.07) is 5.36. The third-order valence-corrected chi connectivity index (χ3v) is 4.42. The summed E-state index contributed by atoms with van der Waals surface area (Å²) in [5.41, 5.74) is 0.701. The average Bonchev–Trinajstić information content (AvgIpc) is 2.98. The van der Waals surface area contributed by atoms with Gasteiger partial charge in [0.2, 0.25) is 0 Å². The van der Waals surface area contributed by atoms with Gasteiger partial charge in [0.15, 0.2) is 28.0 Å². The van der Waals surface area contributed by atoms with E-state index < -0.39 is 17.4 Å². The molecule has 0 saturated carbocycles. The van der Waals surface area contributed by atoms with E-state index >= 15 is 0 Å². The van der Waals surface area contributed by atoms with Crippen molar-refractivity contribution in [3.63, 3.8) is 0 Å². The molecule has 0 fully saturated rings. The molecule has 0 radical (unpaired) electrons. The summed E-state index contributed by atoms with van der Waals surface area (Å²) in [7, 11) is 0. The lowest BCUT2D eigenvalue weighted by molar-refractivity contribution is 0.396. The smallest absolute Gasteiger partial charge is 0.187 e. The number of aromatic hydroxyl groups is 1. The third-order valence-electron chi connectivity index (χ3n) is 2.99. The van der Waals surface area contributed by atoms with Crippen LogP contribution in [0.25, 0.3) is 11.0 Å². The van der Waals surface area contributed by atoms with Crippen molar-refractivity contribution >= 4 is 45.0 Å². The number of pyridine rings is 1. The van der Waals surface area contributed by atoms with E-state index in [1.54, 1.807) is 12.3 Å². The second-order valence-corrected chi connectivity index (χ2v) is 6.02. The molecule has 0 saturated heterocycles. The van der Waals surface area contributed by atoms with Gasteiger partial charge in [-0.05, 0) is 23.9 Å². The van der Waals surface area contributed by atoms with E-state index in [9.17, 15) is 8.78 Å². The quantitative estimate of drug-likeness (QED) is 0.538. The minimum absolute atomic E-state index is 0.0986. The van der Waals surface area contributed by atoms with E-state index in [-0.39, 0.29) is 5.69 Å². The van der Waals surface area contributed by atoms with Crippen LogP contribution in [0.5, 0.6) is 5.75 Å². The Morgan fingerprint density at radius 1 is 1.25 bits per heavy atom. The maximum Gasteiger partial charge on any atom is 0.187 e. The number of benzene rings is 1. The van der Waals surface area contributed by atoms with E-state index in [4.69, 9.17) is 10.4 Å². The zero-order valence-electron chi connectivity index (χ0n) is 12.0. The molecule has 0 aliphatic carbocycles. The van der Waals surface area contributed by atoms with E-state index in [1.807, 2.05) is 6.07 Å². The Morgan fingerprint density at radius 3 is 2.58 bits per heavy atom. The van der Waals surface area contributed by atoms with Gasteiger partial charge in [-0.25, -0.2) is 13.8 Å². The van der Waals surface area contributed by atoms with Crippen molar-refractivity contribution in [3.8, 4) is 11.8 Å². The third kappa shape index (κ3) is 2.91. The molecule has 1 N–H and O–H groups in total. The second-order valence-electron chi connectivity index (χ2n) is 4.47. The Labute approximate surface area is 142 Å². The van der Waals surface area contributed by atoms with Crippen LogP contribution in [-0.2, 0) is 0 Å². The van der Waals surface area contributed by atoms with Crippen LogP contribution in [0.1, 0.15) is 5.56 Å². The molecule has 1 aromatic carbocycles. The Morgan fingerprint density at radius 2 is 1.96 bits per heavy atom. The number of aromatic nitrogens is 2. The summed E-state index contributed by atoms with van der Waals surface area (Å²) in [6.45, 7) is 0. The summed E-state index contributed by atoms with van der Waals surface area (Å²) in [5, 5.41) is 27.3. The molecular weight excluding hydrogens is 356 g/mol. The Bertz CT molecular complexity index is 989. The van der Waals surface area contributed by atoms with Crippen LogP contribution < -0.4 is 0 Å². The predicted octanol–water partition coefficient (Wildman–Crippen LogP) is 4.68. The fraction of sp³-hybridized carbons (Fsp3) is 0.0714. The van der Waals surface area contributed by atoms with E-state index in [0.717, 1.165) is 23.7 Å². The van der Waals surface area contributed by atoms with Crippen molar-refractivity contribution in [3.05, 3.63) is 35.4 Å². The number of halogens is 2. The largest absolute Gasteiger partial charge is 0.503 e. The highest BCUT2D eigenvalue weighted by molar-refractivity contribution is 7.98. The lowest BCUT2D eigenvalue weighted by atomic mass is 10.2. The first-order chi connectivity index (χ1) is 11.5. The molecule has 0 unspecified atom stereocenters. The minimum Gasteiger partial charge on any atom is -0.503 e. The van der Waals surface area contributed by atoms with Crippen LogP contribution >= 0.6 is 23.3 Å². The van der Waals surface area contributed by atoms with Crippen LogP contribution in [0, 0.1) is 23.0 Å². The zero-order chi connectivity index (χ0) is 17.3. The number of nitriles is 1. The number of azo groups is 1. The van der Waals surface area contributed by atoms with Crippen molar-refractivity contribution in [1.82, 2.24) is 9.36 Å². The van der Waals surface area contributed by atoms with Gasteiger partial charge in [0.05, 0.1) is 16.6 Å². The molecule has 120 valence electrons. The molecule has 0 atom stereocenters. The molecule has 0 bridgehead atoms. The summed E-state index contributed by atoms with van der Waals surface area (Å²) in [5.74, 6) is -3.32. The van der Waals surface area contributed by atoms with Gasteiger partial charge in [-0.3, -0.25) is 0 Å². The molecule has 6 nitrogen and oxygen atoms in total. The number of rotatable bonds is 3. The van der Waals surface area contributed by atoms with Gasteiger partial charge < -0.3 is 5.11 Å². The number of fused-ring (bicyclic) bond motifs is 1. The molecular formula is C14H7F2N5OS2. The number of hydrogen-bond acceptors (Lipinski definition) is 8. The van der Waals surface area contributed by atoms with Crippen molar-refractivity contribution in [1.29, 1.82) is 5.26 Å². The van der Waals surface area contributed by atoms with Crippen LogP contribution in [0.15, 0.2) is 33.5 Å². The maximum atomic E-state index is 13.3. The molecule has 3 aromatic rings. The van der Waals surface area contributed by atoms with Gasteiger partial charge in [0.1, 0.15) is 11.1 Å². The first-order valence-corrected chi connectivity index (χ1v) is 8.37. The highest BCUT2D eigenvalue weighted by Gasteiger charge is 2.13. The normalized spacial score (nSPS) is 11.2. The van der Waals surface area contributed by atoms with Gasteiger partial charge >= 0.3 is 0 Å².